The highest BCUT2D eigenvalue weighted by Crippen LogP contribution is 2.24. The Morgan fingerprint density at radius 2 is 1.91 bits per heavy atom. The van der Waals surface area contributed by atoms with E-state index in [1.165, 1.54) is 11.3 Å². The summed E-state index contributed by atoms with van der Waals surface area (Å²) in [6, 6.07) is 9.16. The van der Waals surface area contributed by atoms with Gasteiger partial charge in [-0.1, -0.05) is 11.3 Å². The minimum absolute atomic E-state index is 0.231. The summed E-state index contributed by atoms with van der Waals surface area (Å²) >= 11 is 1.49. The van der Waals surface area contributed by atoms with Gasteiger partial charge in [-0.3, -0.25) is 4.79 Å². The number of aromatic nitrogens is 5. The van der Waals surface area contributed by atoms with Crippen molar-refractivity contribution in [3.05, 3.63) is 53.3 Å². The number of amides is 1. The largest absolute Gasteiger partial charge is 0.354 e. The van der Waals surface area contributed by atoms with Crippen molar-refractivity contribution >= 4 is 39.8 Å². The number of nitrogens with one attached hydrogen (secondary N) is 1. The first-order chi connectivity index (χ1) is 15.5. The van der Waals surface area contributed by atoms with Crippen LogP contribution in [-0.4, -0.2) is 69.2 Å². The fourth-order valence-corrected chi connectivity index (χ4v) is 4.22. The van der Waals surface area contributed by atoms with E-state index < -0.39 is 0 Å². The van der Waals surface area contributed by atoms with Crippen molar-refractivity contribution in [1.82, 2.24) is 30.0 Å². The monoisotopic (exact) mass is 446 g/mol. The fourth-order valence-electron chi connectivity index (χ4n) is 3.56. The summed E-state index contributed by atoms with van der Waals surface area (Å²) in [5.41, 5.74) is 2.02. The van der Waals surface area contributed by atoms with E-state index in [1.54, 1.807) is 24.5 Å². The van der Waals surface area contributed by atoms with E-state index in [9.17, 15) is 4.79 Å². The minimum atomic E-state index is -0.231. The molecule has 0 unspecified atom stereocenters. The number of hydrogen-bond donors (Lipinski definition) is 1. The lowest BCUT2D eigenvalue weighted by molar-refractivity contribution is 0.102. The van der Waals surface area contributed by atoms with E-state index in [4.69, 9.17) is 0 Å². The zero-order chi connectivity index (χ0) is 22.1. The number of carbonyl (C=O) groups is 1. The normalized spacial score (nSPS) is 14.6. The zero-order valence-electron chi connectivity index (χ0n) is 17.8. The van der Waals surface area contributed by atoms with Crippen LogP contribution in [0.3, 0.4) is 0 Å². The predicted molar refractivity (Wildman–Crippen MR) is 125 cm³/mol. The molecule has 4 aromatic heterocycles. The first-order valence-corrected chi connectivity index (χ1v) is 11.1. The third-order valence-electron chi connectivity index (χ3n) is 5.40. The van der Waals surface area contributed by atoms with Crippen LogP contribution in [0.5, 0.6) is 0 Å². The van der Waals surface area contributed by atoms with Crippen LogP contribution < -0.4 is 10.2 Å². The van der Waals surface area contributed by atoms with Crippen molar-refractivity contribution in [3.8, 4) is 10.7 Å². The molecule has 1 aliphatic heterocycles. The second kappa shape index (κ2) is 8.56. The van der Waals surface area contributed by atoms with Gasteiger partial charge in [0.25, 0.3) is 5.91 Å². The Bertz CT molecular complexity index is 1280. The van der Waals surface area contributed by atoms with Crippen LogP contribution >= 0.6 is 11.3 Å². The number of hydrogen-bond acceptors (Lipinski definition) is 9. The molecule has 1 saturated heterocycles. The summed E-state index contributed by atoms with van der Waals surface area (Å²) in [5.74, 6) is 1.03. The molecule has 0 radical (unpaired) electrons. The average molecular weight is 447 g/mol. The molecule has 162 valence electrons. The predicted octanol–water partition coefficient (Wildman–Crippen LogP) is 2.86. The summed E-state index contributed by atoms with van der Waals surface area (Å²) in [6.07, 6.45) is 3.38. The maximum absolute atomic E-state index is 12.9. The minimum Gasteiger partial charge on any atom is -0.354 e. The molecule has 0 aliphatic carbocycles. The smallest absolute Gasteiger partial charge is 0.257 e. The van der Waals surface area contributed by atoms with Crippen molar-refractivity contribution in [1.29, 1.82) is 0 Å². The Kier molecular flexibility index (Phi) is 5.46. The second-order valence-electron chi connectivity index (χ2n) is 7.73. The molecule has 4 aromatic rings. The molecule has 5 heterocycles. The molecule has 1 amide bonds. The summed E-state index contributed by atoms with van der Waals surface area (Å²) < 4.78 is 0. The third kappa shape index (κ3) is 4.27. The van der Waals surface area contributed by atoms with Gasteiger partial charge in [-0.25, -0.2) is 15.0 Å². The Balaban J connectivity index is 1.36. The Morgan fingerprint density at radius 1 is 1.06 bits per heavy atom. The van der Waals surface area contributed by atoms with E-state index in [0.717, 1.165) is 58.6 Å². The number of pyridine rings is 3. The van der Waals surface area contributed by atoms with Gasteiger partial charge in [0.2, 0.25) is 0 Å². The van der Waals surface area contributed by atoms with Gasteiger partial charge in [0, 0.05) is 55.6 Å². The molecule has 0 spiro atoms. The Hall–Kier alpha value is -3.50. The summed E-state index contributed by atoms with van der Waals surface area (Å²) in [5, 5.41) is 13.6. The Labute approximate surface area is 189 Å². The van der Waals surface area contributed by atoms with Crippen LogP contribution in [0.15, 0.2) is 42.7 Å². The maximum Gasteiger partial charge on any atom is 0.257 e. The van der Waals surface area contributed by atoms with Crippen molar-refractivity contribution in [2.24, 2.45) is 0 Å². The lowest BCUT2D eigenvalue weighted by atomic mass is 10.2. The highest BCUT2D eigenvalue weighted by molar-refractivity contribution is 7.14. The molecule has 1 fully saturated rings. The summed E-state index contributed by atoms with van der Waals surface area (Å²) in [7, 11) is 2.11. The van der Waals surface area contributed by atoms with E-state index in [0.29, 0.717) is 11.4 Å². The zero-order valence-corrected chi connectivity index (χ0v) is 18.6. The number of piperazine rings is 1. The van der Waals surface area contributed by atoms with E-state index in [2.05, 4.69) is 47.3 Å². The number of aryl methyl sites for hydroxylation is 1. The van der Waals surface area contributed by atoms with Crippen LogP contribution in [0.1, 0.15) is 15.4 Å². The fraction of sp³-hybridized carbons (Fsp3) is 0.273. The molecular weight excluding hydrogens is 424 g/mol. The van der Waals surface area contributed by atoms with Gasteiger partial charge in [-0.15, -0.1) is 10.2 Å². The highest BCUT2D eigenvalue weighted by Gasteiger charge is 2.17. The third-order valence-corrected chi connectivity index (χ3v) is 6.26. The molecule has 9 nitrogen and oxygen atoms in total. The first kappa shape index (κ1) is 20.4. The van der Waals surface area contributed by atoms with Crippen LogP contribution in [0, 0.1) is 6.92 Å². The van der Waals surface area contributed by atoms with Gasteiger partial charge in [-0.2, -0.15) is 0 Å². The van der Waals surface area contributed by atoms with Crippen LogP contribution in [0.25, 0.3) is 21.6 Å². The Morgan fingerprint density at radius 3 is 2.69 bits per heavy atom. The van der Waals surface area contributed by atoms with Gasteiger partial charge in [0.1, 0.15) is 22.3 Å². The van der Waals surface area contributed by atoms with Gasteiger partial charge in [-0.05, 0) is 38.2 Å². The molecule has 10 heteroatoms. The summed E-state index contributed by atoms with van der Waals surface area (Å²) in [6.45, 7) is 5.65. The van der Waals surface area contributed by atoms with Crippen molar-refractivity contribution in [2.75, 3.05) is 43.4 Å². The number of rotatable bonds is 4. The van der Waals surface area contributed by atoms with Gasteiger partial charge < -0.3 is 15.1 Å². The molecule has 5 rings (SSSR count). The molecule has 0 saturated carbocycles. The van der Waals surface area contributed by atoms with Gasteiger partial charge in [0.05, 0.1) is 5.52 Å². The van der Waals surface area contributed by atoms with Gasteiger partial charge >= 0.3 is 0 Å². The maximum atomic E-state index is 12.9. The molecule has 0 atom stereocenters. The molecule has 1 N–H and O–H groups in total. The van der Waals surface area contributed by atoms with Crippen molar-refractivity contribution < 1.29 is 4.79 Å². The molecule has 0 bridgehead atoms. The lowest BCUT2D eigenvalue weighted by Gasteiger charge is -2.33. The van der Waals surface area contributed by atoms with Gasteiger partial charge in [0.15, 0.2) is 5.01 Å². The molecule has 32 heavy (non-hydrogen) atoms. The number of likely N-dealkylation sites (N-methyl/N-ethyl adjacent to an activating group) is 1. The van der Waals surface area contributed by atoms with E-state index >= 15 is 0 Å². The summed E-state index contributed by atoms with van der Waals surface area (Å²) in [4.78, 5) is 30.9. The van der Waals surface area contributed by atoms with Crippen LogP contribution in [0.2, 0.25) is 0 Å². The van der Waals surface area contributed by atoms with Crippen molar-refractivity contribution in [3.63, 3.8) is 0 Å². The molecule has 1 aliphatic rings. The first-order valence-electron chi connectivity index (χ1n) is 10.3. The SMILES string of the molecule is Cc1nnc(-c2ccc3cnc(NC(=O)c4ccnc(N5CCN(C)CC5)c4)cc3n2)s1. The van der Waals surface area contributed by atoms with Crippen molar-refractivity contribution in [2.45, 2.75) is 6.92 Å². The number of carbonyl (C=O) groups excluding carboxylic acids is 1. The number of anilines is 2. The second-order valence-corrected chi connectivity index (χ2v) is 8.91. The van der Waals surface area contributed by atoms with Crippen LogP contribution in [-0.2, 0) is 0 Å². The molecule has 0 aromatic carbocycles. The quantitative estimate of drug-likeness (QED) is 0.511. The highest BCUT2D eigenvalue weighted by atomic mass is 32.1. The van der Waals surface area contributed by atoms with Crippen LogP contribution in [0.4, 0.5) is 11.6 Å². The topological polar surface area (TPSA) is 100 Å². The number of nitrogens with zero attached hydrogens (tertiary/aromatic N) is 7. The molecular formula is C22H22N8OS. The average Bonchev–Trinajstić information content (AvgIpc) is 3.25. The van der Waals surface area contributed by atoms with E-state index in [1.807, 2.05) is 25.1 Å². The standard InChI is InChI=1S/C22H22N8OS/c1-14-27-28-22(32-14)17-4-3-16-13-24-19(12-18(16)25-17)26-21(31)15-5-6-23-20(11-15)30-9-7-29(2)8-10-30/h3-6,11-13H,7-10H2,1-2H3,(H,24,26,31). The van der Waals surface area contributed by atoms with E-state index in [-0.39, 0.29) is 5.91 Å². The lowest BCUT2D eigenvalue weighted by Crippen LogP contribution is -2.44. The number of fused-ring (bicyclic) bond motifs is 1.